The molecule has 1 aromatic carbocycles. The number of rotatable bonds is 3. The van der Waals surface area contributed by atoms with Crippen LogP contribution in [-0.4, -0.2) is 29.4 Å². The highest BCUT2D eigenvalue weighted by atomic mass is 16.5. The number of hydrogen-bond donors (Lipinski definition) is 1. The molecule has 0 radical (unpaired) electrons. The van der Waals surface area contributed by atoms with Gasteiger partial charge in [-0.1, -0.05) is 6.07 Å². The maximum Gasteiger partial charge on any atom is 0.328 e. The molecule has 3 rings (SSSR count). The van der Waals surface area contributed by atoms with E-state index in [0.717, 1.165) is 30.7 Å². The molecule has 1 saturated heterocycles. The van der Waals surface area contributed by atoms with Crippen molar-refractivity contribution in [1.82, 2.24) is 14.5 Å². The first kappa shape index (κ1) is 13.4. The van der Waals surface area contributed by atoms with Crippen LogP contribution in [-0.2, 0) is 18.8 Å². The van der Waals surface area contributed by atoms with Crippen molar-refractivity contribution >= 4 is 11.0 Å². The van der Waals surface area contributed by atoms with Gasteiger partial charge >= 0.3 is 5.69 Å². The molecule has 0 saturated carbocycles. The van der Waals surface area contributed by atoms with Gasteiger partial charge in [-0.15, -0.1) is 0 Å². The quantitative estimate of drug-likeness (QED) is 0.915. The SMILES string of the molecule is CNC(c1ccc2c(c1)n(C)c(=O)n2C)C1CCOC1. The first-order chi connectivity index (χ1) is 9.63. The molecule has 108 valence electrons. The average molecular weight is 275 g/mol. The van der Waals surface area contributed by atoms with Gasteiger partial charge in [-0.3, -0.25) is 9.13 Å². The van der Waals surface area contributed by atoms with E-state index in [9.17, 15) is 4.79 Å². The number of fused-ring (bicyclic) bond motifs is 1. The van der Waals surface area contributed by atoms with Gasteiger partial charge in [0.1, 0.15) is 0 Å². The first-order valence-electron chi connectivity index (χ1n) is 7.04. The fraction of sp³-hybridized carbons (Fsp3) is 0.533. The van der Waals surface area contributed by atoms with Crippen molar-refractivity contribution in [3.05, 3.63) is 34.2 Å². The highest BCUT2D eigenvalue weighted by molar-refractivity contribution is 5.77. The van der Waals surface area contributed by atoms with E-state index in [0.29, 0.717) is 5.92 Å². The molecule has 0 bridgehead atoms. The van der Waals surface area contributed by atoms with Gasteiger partial charge in [-0.25, -0.2) is 4.79 Å². The summed E-state index contributed by atoms with van der Waals surface area (Å²) in [5.41, 5.74) is 3.19. The van der Waals surface area contributed by atoms with Crippen LogP contribution in [0.15, 0.2) is 23.0 Å². The Morgan fingerprint density at radius 2 is 2.05 bits per heavy atom. The van der Waals surface area contributed by atoms with Crippen LogP contribution in [0.5, 0.6) is 0 Å². The lowest BCUT2D eigenvalue weighted by Gasteiger charge is -2.22. The van der Waals surface area contributed by atoms with E-state index in [4.69, 9.17) is 4.74 Å². The zero-order chi connectivity index (χ0) is 14.3. The van der Waals surface area contributed by atoms with Crippen molar-refractivity contribution in [3.63, 3.8) is 0 Å². The number of aromatic nitrogens is 2. The maximum atomic E-state index is 12.0. The van der Waals surface area contributed by atoms with Crippen molar-refractivity contribution in [2.24, 2.45) is 20.0 Å². The second-order valence-corrected chi connectivity index (χ2v) is 5.54. The molecule has 0 amide bonds. The molecule has 1 aliphatic rings. The summed E-state index contributed by atoms with van der Waals surface area (Å²) in [4.78, 5) is 12.0. The van der Waals surface area contributed by atoms with Gasteiger partial charge in [0, 0.05) is 32.7 Å². The summed E-state index contributed by atoms with van der Waals surface area (Å²) in [5.74, 6) is 0.498. The Bertz CT molecular complexity index is 680. The molecule has 5 nitrogen and oxygen atoms in total. The Kier molecular flexibility index (Phi) is 3.40. The van der Waals surface area contributed by atoms with E-state index in [-0.39, 0.29) is 11.7 Å². The molecule has 1 fully saturated rings. The fourth-order valence-corrected chi connectivity index (χ4v) is 3.21. The second-order valence-electron chi connectivity index (χ2n) is 5.54. The third-order valence-corrected chi connectivity index (χ3v) is 4.40. The molecule has 20 heavy (non-hydrogen) atoms. The molecule has 1 aromatic heterocycles. The highest BCUT2D eigenvalue weighted by Gasteiger charge is 2.26. The number of hydrogen-bond acceptors (Lipinski definition) is 3. The van der Waals surface area contributed by atoms with E-state index in [1.165, 1.54) is 5.56 Å². The van der Waals surface area contributed by atoms with Gasteiger partial charge in [0.25, 0.3) is 0 Å². The molecule has 2 heterocycles. The molecule has 5 heteroatoms. The van der Waals surface area contributed by atoms with Gasteiger partial charge in [0.2, 0.25) is 0 Å². The van der Waals surface area contributed by atoms with Crippen LogP contribution in [0.2, 0.25) is 0 Å². The summed E-state index contributed by atoms with van der Waals surface area (Å²) in [6, 6.07) is 6.54. The Morgan fingerprint density at radius 1 is 1.30 bits per heavy atom. The Labute approximate surface area is 118 Å². The van der Waals surface area contributed by atoms with Crippen LogP contribution in [0.3, 0.4) is 0 Å². The summed E-state index contributed by atoms with van der Waals surface area (Å²) in [7, 11) is 5.61. The average Bonchev–Trinajstić information content (AvgIpc) is 3.05. The summed E-state index contributed by atoms with van der Waals surface area (Å²) in [6.45, 7) is 1.65. The predicted molar refractivity (Wildman–Crippen MR) is 78.9 cm³/mol. The van der Waals surface area contributed by atoms with Gasteiger partial charge in [0.15, 0.2) is 0 Å². The summed E-state index contributed by atoms with van der Waals surface area (Å²) < 4.78 is 8.89. The molecular formula is C15H21N3O2. The van der Waals surface area contributed by atoms with E-state index in [1.54, 1.807) is 9.13 Å². The minimum absolute atomic E-state index is 0.0161. The Balaban J connectivity index is 2.07. The van der Waals surface area contributed by atoms with Crippen LogP contribution < -0.4 is 11.0 Å². The van der Waals surface area contributed by atoms with E-state index < -0.39 is 0 Å². The number of nitrogens with one attached hydrogen (secondary N) is 1. The van der Waals surface area contributed by atoms with Crippen LogP contribution in [0.1, 0.15) is 18.0 Å². The minimum Gasteiger partial charge on any atom is -0.381 e. The van der Waals surface area contributed by atoms with Crippen LogP contribution in [0.4, 0.5) is 0 Å². The summed E-state index contributed by atoms with van der Waals surface area (Å²) in [6.07, 6.45) is 1.08. The van der Waals surface area contributed by atoms with Crippen molar-refractivity contribution in [2.75, 3.05) is 20.3 Å². The lowest BCUT2D eigenvalue weighted by molar-refractivity contribution is 0.178. The van der Waals surface area contributed by atoms with E-state index >= 15 is 0 Å². The third-order valence-electron chi connectivity index (χ3n) is 4.40. The molecule has 2 atom stereocenters. The van der Waals surface area contributed by atoms with Gasteiger partial charge in [-0.05, 0) is 31.2 Å². The van der Waals surface area contributed by atoms with Crippen molar-refractivity contribution in [2.45, 2.75) is 12.5 Å². The molecule has 1 aliphatic heterocycles. The summed E-state index contributed by atoms with van der Waals surface area (Å²) >= 11 is 0. The second kappa shape index (κ2) is 5.07. The fourth-order valence-electron chi connectivity index (χ4n) is 3.21. The normalized spacial score (nSPS) is 20.6. The topological polar surface area (TPSA) is 48.2 Å². The lowest BCUT2D eigenvalue weighted by Crippen LogP contribution is -2.25. The van der Waals surface area contributed by atoms with Gasteiger partial charge < -0.3 is 10.1 Å². The number of aryl methyl sites for hydroxylation is 2. The number of imidazole rings is 1. The molecule has 2 unspecified atom stereocenters. The van der Waals surface area contributed by atoms with Gasteiger partial charge in [0.05, 0.1) is 17.6 Å². The Hall–Kier alpha value is -1.59. The maximum absolute atomic E-state index is 12.0. The molecule has 2 aromatic rings. The van der Waals surface area contributed by atoms with Crippen molar-refractivity contribution in [1.29, 1.82) is 0 Å². The van der Waals surface area contributed by atoms with Crippen molar-refractivity contribution in [3.8, 4) is 0 Å². The molecule has 0 aliphatic carbocycles. The molecular weight excluding hydrogens is 254 g/mol. The number of ether oxygens (including phenoxy) is 1. The van der Waals surface area contributed by atoms with Crippen molar-refractivity contribution < 1.29 is 4.74 Å². The standard InChI is InChI=1S/C15H21N3O2/c1-16-14(11-6-7-20-9-11)10-4-5-12-13(8-10)18(3)15(19)17(12)2/h4-5,8,11,14,16H,6-7,9H2,1-3H3. The van der Waals surface area contributed by atoms with E-state index in [2.05, 4.69) is 17.4 Å². The largest absolute Gasteiger partial charge is 0.381 e. The predicted octanol–water partition coefficient (Wildman–Crippen LogP) is 1.17. The van der Waals surface area contributed by atoms with Crippen LogP contribution in [0.25, 0.3) is 11.0 Å². The third kappa shape index (κ3) is 1.98. The van der Waals surface area contributed by atoms with Crippen LogP contribution >= 0.6 is 0 Å². The monoisotopic (exact) mass is 275 g/mol. The smallest absolute Gasteiger partial charge is 0.328 e. The number of benzene rings is 1. The van der Waals surface area contributed by atoms with Gasteiger partial charge in [-0.2, -0.15) is 0 Å². The molecule has 1 N–H and O–H groups in total. The zero-order valence-electron chi connectivity index (χ0n) is 12.2. The summed E-state index contributed by atoms with van der Waals surface area (Å²) in [5, 5.41) is 3.39. The minimum atomic E-state index is 0.0161. The highest BCUT2D eigenvalue weighted by Crippen LogP contribution is 2.30. The molecule has 0 spiro atoms. The zero-order valence-corrected chi connectivity index (χ0v) is 12.2. The van der Waals surface area contributed by atoms with Crippen LogP contribution in [0, 0.1) is 5.92 Å². The number of nitrogens with zero attached hydrogens (tertiary/aromatic N) is 2. The van der Waals surface area contributed by atoms with E-state index in [1.807, 2.05) is 27.2 Å². The lowest BCUT2D eigenvalue weighted by atomic mass is 9.92. The Morgan fingerprint density at radius 3 is 2.70 bits per heavy atom. The first-order valence-corrected chi connectivity index (χ1v) is 7.04.